The maximum absolute atomic E-state index is 12.5. The van der Waals surface area contributed by atoms with Crippen molar-refractivity contribution in [2.24, 2.45) is 5.73 Å². The first-order chi connectivity index (χ1) is 12.9. The van der Waals surface area contributed by atoms with Crippen molar-refractivity contribution < 1.29 is 27.6 Å². The summed E-state index contributed by atoms with van der Waals surface area (Å²) in [5, 5.41) is 0. The molecule has 0 aliphatic rings. The van der Waals surface area contributed by atoms with Crippen molar-refractivity contribution in [3.63, 3.8) is 0 Å². The van der Waals surface area contributed by atoms with E-state index >= 15 is 0 Å². The third-order valence-corrected chi connectivity index (χ3v) is 5.18. The highest BCUT2D eigenvalue weighted by Crippen LogP contribution is 2.29. The molecule has 0 amide bonds. The Morgan fingerprint density at radius 1 is 1.00 bits per heavy atom. The number of guanidine groups is 1. The molecule has 2 aromatic carbocycles. The molecule has 0 bridgehead atoms. The lowest BCUT2D eigenvalue weighted by molar-refractivity contribution is -0.459. The van der Waals surface area contributed by atoms with Crippen molar-refractivity contribution in [1.29, 1.82) is 0 Å². The third kappa shape index (κ3) is 5.27. The Morgan fingerprint density at radius 2 is 1.67 bits per heavy atom. The van der Waals surface area contributed by atoms with E-state index in [9.17, 15) is 8.42 Å². The molecule has 0 atom stereocenters. The van der Waals surface area contributed by atoms with Gasteiger partial charge >= 0.3 is 16.0 Å². The summed E-state index contributed by atoms with van der Waals surface area (Å²) in [4.78, 5) is 2.86. The van der Waals surface area contributed by atoms with Gasteiger partial charge in [-0.2, -0.15) is 13.1 Å². The average Bonchev–Trinajstić information content (AvgIpc) is 2.67. The topological polar surface area (TPSA) is 114 Å². The highest BCUT2D eigenvalue weighted by atomic mass is 32.2. The number of nitrogens with two attached hydrogens (primary N) is 1. The van der Waals surface area contributed by atoms with E-state index in [2.05, 4.69) is 9.71 Å². The number of hydrogen-bond acceptors (Lipinski definition) is 5. The van der Waals surface area contributed by atoms with Crippen molar-refractivity contribution in [2.45, 2.75) is 11.3 Å². The van der Waals surface area contributed by atoms with E-state index in [1.165, 1.54) is 32.4 Å². The van der Waals surface area contributed by atoms with Crippen molar-refractivity contribution in [1.82, 2.24) is 4.72 Å². The van der Waals surface area contributed by atoms with Crippen LogP contribution in [-0.2, 0) is 16.4 Å². The van der Waals surface area contributed by atoms with Crippen molar-refractivity contribution in [2.75, 3.05) is 27.9 Å². The molecule has 0 radical (unpaired) electrons. The number of hydrogen-bond donors (Lipinski definition) is 3. The van der Waals surface area contributed by atoms with E-state index in [0.29, 0.717) is 24.5 Å². The first kappa shape index (κ1) is 20.4. The summed E-state index contributed by atoms with van der Waals surface area (Å²) >= 11 is 0. The summed E-state index contributed by atoms with van der Waals surface area (Å²) in [5.41, 5.74) is 6.78. The molecule has 146 valence electrons. The molecule has 8 nitrogen and oxygen atoms in total. The quantitative estimate of drug-likeness (QED) is 0.416. The Balaban J connectivity index is 2.07. The van der Waals surface area contributed by atoms with Crippen LogP contribution in [0.2, 0.25) is 0 Å². The van der Waals surface area contributed by atoms with E-state index < -0.39 is 10.0 Å². The SMILES string of the molecule is COc1ccccc1CC[NH+]=C(N)NS(=O)(=O)c1ccc(OC)c(OC)c1. The molecule has 27 heavy (non-hydrogen) atoms. The van der Waals surface area contributed by atoms with Crippen molar-refractivity contribution >= 4 is 16.0 Å². The summed E-state index contributed by atoms with van der Waals surface area (Å²) in [7, 11) is 0.647. The van der Waals surface area contributed by atoms with Gasteiger partial charge in [0.1, 0.15) is 10.6 Å². The number of methoxy groups -OCH3 is 3. The summed E-state index contributed by atoms with van der Waals surface area (Å²) in [6.45, 7) is 0.431. The van der Waals surface area contributed by atoms with Crippen molar-refractivity contribution in [3.05, 3.63) is 48.0 Å². The molecule has 0 aliphatic carbocycles. The number of rotatable bonds is 8. The lowest BCUT2D eigenvalue weighted by atomic mass is 10.1. The van der Waals surface area contributed by atoms with Gasteiger partial charge in [0.15, 0.2) is 11.5 Å². The normalized spacial score (nSPS) is 11.7. The van der Waals surface area contributed by atoms with Crippen LogP contribution in [0.15, 0.2) is 47.4 Å². The Morgan fingerprint density at radius 3 is 2.33 bits per heavy atom. The minimum atomic E-state index is -3.86. The molecule has 0 spiro atoms. The van der Waals surface area contributed by atoms with Crippen molar-refractivity contribution in [3.8, 4) is 17.2 Å². The maximum Gasteiger partial charge on any atom is 0.356 e. The van der Waals surface area contributed by atoms with Gasteiger partial charge in [0.05, 0.1) is 27.9 Å². The van der Waals surface area contributed by atoms with Crippen LogP contribution in [0.25, 0.3) is 0 Å². The van der Waals surface area contributed by atoms with Crippen LogP contribution in [-0.4, -0.2) is 42.3 Å². The van der Waals surface area contributed by atoms with Crippen LogP contribution >= 0.6 is 0 Å². The molecule has 0 heterocycles. The van der Waals surface area contributed by atoms with Gasteiger partial charge in [0.25, 0.3) is 0 Å². The minimum Gasteiger partial charge on any atom is -0.496 e. The molecule has 0 saturated carbocycles. The molecule has 2 rings (SSSR count). The maximum atomic E-state index is 12.5. The molecular weight excluding hydrogens is 370 g/mol. The molecule has 0 aliphatic heterocycles. The van der Waals surface area contributed by atoms with Crippen LogP contribution in [0, 0.1) is 0 Å². The van der Waals surface area contributed by atoms with Gasteiger partial charge in [-0.25, -0.2) is 0 Å². The van der Waals surface area contributed by atoms with Gasteiger partial charge < -0.3 is 14.2 Å². The standard InChI is InChI=1S/C18H23N3O5S/c1-24-15-7-5-4-6-13(15)10-11-20-18(19)21-27(22,23)14-8-9-16(25-2)17(12-14)26-3/h4-9,12H,10-11H2,1-3H3,(H3,19,20,21)/p+1. The molecule has 0 fully saturated rings. The second-order valence-electron chi connectivity index (χ2n) is 5.52. The van der Waals surface area contributed by atoms with E-state index in [1.807, 2.05) is 24.3 Å². The third-order valence-electron chi connectivity index (χ3n) is 3.81. The summed E-state index contributed by atoms with van der Waals surface area (Å²) < 4.78 is 42.8. The van der Waals surface area contributed by atoms with Gasteiger partial charge in [-0.15, -0.1) is 0 Å². The van der Waals surface area contributed by atoms with Gasteiger partial charge in [-0.1, -0.05) is 18.2 Å². The van der Waals surface area contributed by atoms with Gasteiger partial charge in [-0.05, 0) is 23.8 Å². The lowest BCUT2D eigenvalue weighted by Gasteiger charge is -2.09. The monoisotopic (exact) mass is 394 g/mol. The van der Waals surface area contributed by atoms with Crippen LogP contribution < -0.4 is 29.7 Å². The average molecular weight is 394 g/mol. The Bertz CT molecular complexity index is 913. The van der Waals surface area contributed by atoms with Gasteiger partial charge in [-0.3, -0.25) is 10.7 Å². The zero-order valence-corrected chi connectivity index (χ0v) is 16.3. The smallest absolute Gasteiger partial charge is 0.356 e. The van der Waals surface area contributed by atoms with Gasteiger partial charge in [0.2, 0.25) is 0 Å². The zero-order chi connectivity index (χ0) is 19.9. The number of sulfonamides is 1. The first-order valence-corrected chi connectivity index (χ1v) is 9.62. The van der Waals surface area contributed by atoms with E-state index in [4.69, 9.17) is 19.9 Å². The first-order valence-electron chi connectivity index (χ1n) is 8.14. The molecule has 0 aromatic heterocycles. The fourth-order valence-electron chi connectivity index (χ4n) is 2.46. The minimum absolute atomic E-state index is 0.00892. The molecule has 9 heteroatoms. The molecule has 2 aromatic rings. The van der Waals surface area contributed by atoms with Crippen LogP contribution in [0.4, 0.5) is 0 Å². The zero-order valence-electron chi connectivity index (χ0n) is 15.5. The predicted octanol–water partition coefficient (Wildman–Crippen LogP) is -0.371. The number of benzene rings is 2. The van der Waals surface area contributed by atoms with Crippen LogP contribution in [0.3, 0.4) is 0 Å². The highest BCUT2D eigenvalue weighted by Gasteiger charge is 2.21. The fourth-order valence-corrected chi connectivity index (χ4v) is 3.45. The van der Waals surface area contributed by atoms with Gasteiger partial charge in [0, 0.05) is 12.5 Å². The summed E-state index contributed by atoms with van der Waals surface area (Å²) in [5.74, 6) is 1.44. The number of ether oxygens (including phenoxy) is 3. The van der Waals surface area contributed by atoms with E-state index in [1.54, 1.807) is 7.11 Å². The summed E-state index contributed by atoms with van der Waals surface area (Å²) in [6.07, 6.45) is 0.614. The molecule has 4 N–H and O–H groups in total. The van der Waals surface area contributed by atoms with Crippen LogP contribution in [0.5, 0.6) is 17.2 Å². The second kappa shape index (κ2) is 9.13. The fraction of sp³-hybridized carbons (Fsp3) is 0.278. The number of nitrogens with one attached hydrogen (secondary N) is 2. The Labute approximate surface area is 159 Å². The molecule has 0 unspecified atom stereocenters. The summed E-state index contributed by atoms with van der Waals surface area (Å²) in [6, 6.07) is 11.9. The predicted molar refractivity (Wildman–Crippen MR) is 102 cm³/mol. The van der Waals surface area contributed by atoms with E-state index in [0.717, 1.165) is 11.3 Å². The lowest BCUT2D eigenvalue weighted by Crippen LogP contribution is -2.79. The Hall–Kier alpha value is -2.94. The van der Waals surface area contributed by atoms with Crippen LogP contribution in [0.1, 0.15) is 5.56 Å². The molecular formula is C18H24N3O5S+. The van der Waals surface area contributed by atoms with E-state index in [-0.39, 0.29) is 10.9 Å². The molecule has 0 saturated heterocycles. The largest absolute Gasteiger partial charge is 0.496 e. The second-order valence-corrected chi connectivity index (χ2v) is 7.21. The number of para-hydroxylation sites is 1. The Kier molecular flexibility index (Phi) is 6.89. The highest BCUT2D eigenvalue weighted by molar-refractivity contribution is 7.90.